The highest BCUT2D eigenvalue weighted by Crippen LogP contribution is 2.30. The highest BCUT2D eigenvalue weighted by molar-refractivity contribution is 9.09. The van der Waals surface area contributed by atoms with Crippen molar-refractivity contribution in [3.05, 3.63) is 35.1 Å². The lowest BCUT2D eigenvalue weighted by molar-refractivity contribution is -0.137. The minimum atomic E-state index is -4.58. The van der Waals surface area contributed by atoms with Gasteiger partial charge in [0.15, 0.2) is 0 Å². The van der Waals surface area contributed by atoms with E-state index in [2.05, 4.69) is 15.9 Å². The lowest BCUT2D eigenvalue weighted by Gasteiger charge is -2.09. The van der Waals surface area contributed by atoms with Crippen molar-refractivity contribution < 1.29 is 22.4 Å². The first-order valence-corrected chi connectivity index (χ1v) is 5.20. The van der Waals surface area contributed by atoms with Crippen LogP contribution < -0.4 is 0 Å². The summed E-state index contributed by atoms with van der Waals surface area (Å²) in [5, 5.41) is 0. The Morgan fingerprint density at radius 2 is 1.94 bits per heavy atom. The van der Waals surface area contributed by atoms with Crippen molar-refractivity contribution in [3.8, 4) is 0 Å². The predicted molar refractivity (Wildman–Crippen MR) is 53.9 cm³/mol. The van der Waals surface area contributed by atoms with Crippen molar-refractivity contribution in [1.82, 2.24) is 0 Å². The normalized spacial score (nSPS) is 13.6. The summed E-state index contributed by atoms with van der Waals surface area (Å²) in [7, 11) is 0. The molecule has 16 heavy (non-hydrogen) atoms. The van der Waals surface area contributed by atoms with Gasteiger partial charge in [0, 0.05) is 0 Å². The van der Waals surface area contributed by atoms with E-state index in [4.69, 9.17) is 0 Å². The van der Waals surface area contributed by atoms with Crippen molar-refractivity contribution in [2.45, 2.75) is 17.4 Å². The van der Waals surface area contributed by atoms with Crippen LogP contribution in [0.2, 0.25) is 0 Å². The van der Waals surface area contributed by atoms with Gasteiger partial charge in [0.05, 0.1) is 10.4 Å². The van der Waals surface area contributed by atoms with Gasteiger partial charge in [-0.15, -0.1) is 0 Å². The molecule has 1 aromatic rings. The minimum Gasteiger partial charge on any atom is -0.302 e. The van der Waals surface area contributed by atoms with Crippen molar-refractivity contribution in [1.29, 1.82) is 0 Å². The Bertz CT molecular complexity index is 389. The number of benzene rings is 1. The Morgan fingerprint density at radius 1 is 1.31 bits per heavy atom. The zero-order valence-corrected chi connectivity index (χ0v) is 9.48. The van der Waals surface area contributed by atoms with Gasteiger partial charge in [-0.1, -0.05) is 15.9 Å². The molecule has 0 aliphatic heterocycles. The lowest BCUT2D eigenvalue weighted by atomic mass is 10.1. The fraction of sp³-hybridized carbons (Fsp3) is 0.300. The Labute approximate surface area is 97.6 Å². The summed E-state index contributed by atoms with van der Waals surface area (Å²) in [5.74, 6) is -0.963. The van der Waals surface area contributed by atoms with Gasteiger partial charge in [0.2, 0.25) is 0 Å². The first kappa shape index (κ1) is 13.2. The molecular weight excluding hydrogens is 292 g/mol. The first-order chi connectivity index (χ1) is 7.32. The summed E-state index contributed by atoms with van der Waals surface area (Å²) in [6.07, 6.45) is -4.03. The van der Waals surface area contributed by atoms with Crippen molar-refractivity contribution >= 4 is 22.2 Å². The van der Waals surface area contributed by atoms with Gasteiger partial charge in [-0.25, -0.2) is 4.39 Å². The molecule has 0 aromatic heterocycles. The summed E-state index contributed by atoms with van der Waals surface area (Å²) >= 11 is 2.94. The van der Waals surface area contributed by atoms with E-state index >= 15 is 0 Å². The molecule has 0 aliphatic rings. The number of hydrogen-bond acceptors (Lipinski definition) is 1. The zero-order valence-electron chi connectivity index (χ0n) is 7.89. The standard InChI is InChI=1S/C10H7BrF4O/c11-8(5-16)2-6-1-7(10(13,14)15)4-9(12)3-6/h1,3-5,8H,2H2. The quantitative estimate of drug-likeness (QED) is 0.475. The molecule has 1 nitrogen and oxygen atoms in total. The number of aldehydes is 1. The first-order valence-electron chi connectivity index (χ1n) is 4.29. The second-order valence-electron chi connectivity index (χ2n) is 3.20. The van der Waals surface area contributed by atoms with E-state index < -0.39 is 22.4 Å². The average Bonchev–Trinajstić information content (AvgIpc) is 2.15. The van der Waals surface area contributed by atoms with Crippen LogP contribution in [0.25, 0.3) is 0 Å². The van der Waals surface area contributed by atoms with E-state index in [0.29, 0.717) is 12.4 Å². The molecule has 1 atom stereocenters. The van der Waals surface area contributed by atoms with Crippen LogP contribution in [0.3, 0.4) is 0 Å². The number of hydrogen-bond donors (Lipinski definition) is 0. The Balaban J connectivity index is 3.03. The van der Waals surface area contributed by atoms with Crippen molar-refractivity contribution in [2.24, 2.45) is 0 Å². The SMILES string of the molecule is O=CC(Br)Cc1cc(F)cc(C(F)(F)F)c1. The largest absolute Gasteiger partial charge is 0.416 e. The molecular formula is C10H7BrF4O. The molecule has 0 saturated carbocycles. The number of rotatable bonds is 3. The smallest absolute Gasteiger partial charge is 0.302 e. The summed E-state index contributed by atoms with van der Waals surface area (Å²) < 4.78 is 49.9. The fourth-order valence-corrected chi connectivity index (χ4v) is 1.58. The Kier molecular flexibility index (Phi) is 4.07. The van der Waals surface area contributed by atoms with Crippen LogP contribution in [0.4, 0.5) is 17.6 Å². The van der Waals surface area contributed by atoms with E-state index in [0.717, 1.165) is 12.1 Å². The zero-order chi connectivity index (χ0) is 12.3. The van der Waals surface area contributed by atoms with Crippen LogP contribution in [0.5, 0.6) is 0 Å². The van der Waals surface area contributed by atoms with E-state index in [1.165, 1.54) is 0 Å². The van der Waals surface area contributed by atoms with Crippen LogP contribution in [0.15, 0.2) is 18.2 Å². The maximum absolute atomic E-state index is 12.9. The molecule has 6 heteroatoms. The Morgan fingerprint density at radius 3 is 2.44 bits per heavy atom. The van der Waals surface area contributed by atoms with Gasteiger partial charge in [-0.3, -0.25) is 0 Å². The van der Waals surface area contributed by atoms with Gasteiger partial charge in [0.1, 0.15) is 12.1 Å². The number of alkyl halides is 4. The van der Waals surface area contributed by atoms with Gasteiger partial charge < -0.3 is 4.79 Å². The van der Waals surface area contributed by atoms with E-state index in [-0.39, 0.29) is 12.0 Å². The molecule has 0 fully saturated rings. The predicted octanol–water partition coefficient (Wildman–Crippen LogP) is 3.35. The number of carbonyl (C=O) groups is 1. The van der Waals surface area contributed by atoms with Crippen LogP contribution in [0, 0.1) is 5.82 Å². The van der Waals surface area contributed by atoms with E-state index in [1.54, 1.807) is 0 Å². The Hall–Kier alpha value is -0.910. The molecule has 0 bridgehead atoms. The lowest BCUT2D eigenvalue weighted by Crippen LogP contribution is -2.09. The summed E-state index contributed by atoms with van der Waals surface area (Å²) in [6.45, 7) is 0. The molecule has 0 aliphatic carbocycles. The summed E-state index contributed by atoms with van der Waals surface area (Å²) in [5.41, 5.74) is -0.922. The minimum absolute atomic E-state index is 0.0182. The van der Waals surface area contributed by atoms with Gasteiger partial charge in [-0.05, 0) is 30.2 Å². The third-order valence-electron chi connectivity index (χ3n) is 1.86. The summed E-state index contributed by atoms with van der Waals surface area (Å²) in [6, 6.07) is 2.24. The monoisotopic (exact) mass is 298 g/mol. The number of carbonyl (C=O) groups excluding carboxylic acids is 1. The fourth-order valence-electron chi connectivity index (χ4n) is 1.21. The van der Waals surface area contributed by atoms with Gasteiger partial charge >= 0.3 is 6.18 Å². The van der Waals surface area contributed by atoms with Crippen LogP contribution >= 0.6 is 15.9 Å². The van der Waals surface area contributed by atoms with Crippen molar-refractivity contribution in [3.63, 3.8) is 0 Å². The van der Waals surface area contributed by atoms with Crippen LogP contribution in [0.1, 0.15) is 11.1 Å². The third kappa shape index (κ3) is 3.59. The molecule has 88 valence electrons. The van der Waals surface area contributed by atoms with E-state index in [1.807, 2.05) is 0 Å². The van der Waals surface area contributed by atoms with Gasteiger partial charge in [-0.2, -0.15) is 13.2 Å². The molecule has 0 amide bonds. The molecule has 1 rings (SSSR count). The molecule has 1 unspecified atom stereocenters. The molecule has 0 heterocycles. The van der Waals surface area contributed by atoms with Gasteiger partial charge in [0.25, 0.3) is 0 Å². The maximum Gasteiger partial charge on any atom is 0.416 e. The molecule has 0 radical (unpaired) electrons. The van der Waals surface area contributed by atoms with Crippen molar-refractivity contribution in [2.75, 3.05) is 0 Å². The third-order valence-corrected chi connectivity index (χ3v) is 2.40. The highest BCUT2D eigenvalue weighted by atomic mass is 79.9. The molecule has 0 spiro atoms. The highest BCUT2D eigenvalue weighted by Gasteiger charge is 2.31. The average molecular weight is 299 g/mol. The second-order valence-corrected chi connectivity index (χ2v) is 4.38. The second kappa shape index (κ2) is 4.95. The molecule has 0 N–H and O–H groups in total. The van der Waals surface area contributed by atoms with Crippen LogP contribution in [-0.2, 0) is 17.4 Å². The van der Waals surface area contributed by atoms with E-state index in [9.17, 15) is 22.4 Å². The molecule has 0 saturated heterocycles. The molecule has 1 aromatic carbocycles. The summed E-state index contributed by atoms with van der Waals surface area (Å²) in [4.78, 5) is 9.70. The van der Waals surface area contributed by atoms with Crippen LogP contribution in [-0.4, -0.2) is 11.1 Å². The maximum atomic E-state index is 12.9. The number of halogens is 5. The topological polar surface area (TPSA) is 17.1 Å².